The average molecular weight is 143 g/mol. The summed E-state index contributed by atoms with van der Waals surface area (Å²) in [7, 11) is 1.60. The number of methoxy groups -OCH3 is 1. The van der Waals surface area contributed by atoms with Crippen molar-refractivity contribution >= 4 is 5.91 Å². The third kappa shape index (κ3) is 5.31. The fraction of sp³-hybridized carbons (Fsp3) is 0.571. The zero-order valence-electron chi connectivity index (χ0n) is 6.39. The number of rotatable bonds is 4. The Morgan fingerprint density at radius 2 is 2.40 bits per heavy atom. The zero-order valence-corrected chi connectivity index (χ0v) is 6.39. The first-order valence-electron chi connectivity index (χ1n) is 3.20. The third-order valence-corrected chi connectivity index (χ3v) is 0.923. The second-order valence-electron chi connectivity index (χ2n) is 1.78. The molecule has 0 atom stereocenters. The molecule has 0 spiro atoms. The predicted molar refractivity (Wildman–Crippen MR) is 39.7 cm³/mol. The van der Waals surface area contributed by atoms with Gasteiger partial charge in [0.1, 0.15) is 0 Å². The van der Waals surface area contributed by atoms with Crippen LogP contribution in [0.3, 0.4) is 0 Å². The molecule has 0 heterocycles. The molecule has 1 amide bonds. The van der Waals surface area contributed by atoms with Gasteiger partial charge < -0.3 is 10.1 Å². The second-order valence-corrected chi connectivity index (χ2v) is 1.78. The number of carbonyl (C=O) groups is 1. The Bertz CT molecular complexity index is 121. The van der Waals surface area contributed by atoms with E-state index in [1.54, 1.807) is 20.1 Å². The summed E-state index contributed by atoms with van der Waals surface area (Å²) in [5.74, 6) is -0.0699. The summed E-state index contributed by atoms with van der Waals surface area (Å²) in [6.45, 7) is 2.93. The van der Waals surface area contributed by atoms with Crippen LogP contribution in [0.2, 0.25) is 0 Å². The van der Waals surface area contributed by atoms with Crippen LogP contribution in [-0.2, 0) is 9.53 Å². The summed E-state index contributed by atoms with van der Waals surface area (Å²) >= 11 is 0. The highest BCUT2D eigenvalue weighted by atomic mass is 16.5. The molecule has 0 fully saturated rings. The minimum Gasteiger partial charge on any atom is -0.383 e. The molecule has 0 rings (SSSR count). The number of hydrogen-bond acceptors (Lipinski definition) is 2. The van der Waals surface area contributed by atoms with Crippen LogP contribution in [0.25, 0.3) is 0 Å². The third-order valence-electron chi connectivity index (χ3n) is 0.923. The molecular weight excluding hydrogens is 130 g/mol. The molecule has 3 heteroatoms. The van der Waals surface area contributed by atoms with Gasteiger partial charge >= 0.3 is 0 Å². The van der Waals surface area contributed by atoms with E-state index in [0.29, 0.717) is 13.2 Å². The van der Waals surface area contributed by atoms with Gasteiger partial charge in [-0.2, -0.15) is 0 Å². The summed E-state index contributed by atoms with van der Waals surface area (Å²) in [4.78, 5) is 10.7. The molecule has 0 radical (unpaired) electrons. The lowest BCUT2D eigenvalue weighted by Gasteiger charge is -1.98. The van der Waals surface area contributed by atoms with Gasteiger partial charge in [-0.3, -0.25) is 4.79 Å². The Hall–Kier alpha value is -0.830. The van der Waals surface area contributed by atoms with Crippen LogP contribution in [0.1, 0.15) is 6.92 Å². The van der Waals surface area contributed by atoms with Crippen molar-refractivity contribution in [3.05, 3.63) is 12.2 Å². The van der Waals surface area contributed by atoms with Crippen molar-refractivity contribution in [2.45, 2.75) is 6.92 Å². The molecule has 0 saturated carbocycles. The molecule has 58 valence electrons. The molecule has 0 aromatic heterocycles. The van der Waals surface area contributed by atoms with Gasteiger partial charge in [-0.05, 0) is 13.0 Å². The van der Waals surface area contributed by atoms with Gasteiger partial charge in [0.15, 0.2) is 0 Å². The van der Waals surface area contributed by atoms with Crippen LogP contribution in [-0.4, -0.2) is 26.2 Å². The summed E-state index contributed by atoms with van der Waals surface area (Å²) in [5.41, 5.74) is 0. The summed E-state index contributed by atoms with van der Waals surface area (Å²) < 4.78 is 4.73. The van der Waals surface area contributed by atoms with Crippen molar-refractivity contribution in [1.29, 1.82) is 0 Å². The highest BCUT2D eigenvalue weighted by molar-refractivity contribution is 5.87. The van der Waals surface area contributed by atoms with Gasteiger partial charge in [-0.1, -0.05) is 6.08 Å². The minimum atomic E-state index is -0.0699. The lowest BCUT2D eigenvalue weighted by atomic mass is 10.5. The van der Waals surface area contributed by atoms with E-state index in [1.807, 2.05) is 0 Å². The molecule has 0 unspecified atom stereocenters. The van der Waals surface area contributed by atoms with E-state index in [4.69, 9.17) is 4.74 Å². The number of nitrogens with one attached hydrogen (secondary N) is 1. The Balaban J connectivity index is 3.22. The number of ether oxygens (including phenoxy) is 1. The Morgan fingerprint density at radius 1 is 1.70 bits per heavy atom. The second kappa shape index (κ2) is 6.29. The zero-order chi connectivity index (χ0) is 7.82. The van der Waals surface area contributed by atoms with Crippen molar-refractivity contribution in [1.82, 2.24) is 5.32 Å². The molecule has 3 nitrogen and oxygen atoms in total. The minimum absolute atomic E-state index is 0.0699. The van der Waals surface area contributed by atoms with Crippen molar-refractivity contribution < 1.29 is 9.53 Å². The first-order valence-corrected chi connectivity index (χ1v) is 3.20. The molecule has 0 bridgehead atoms. The van der Waals surface area contributed by atoms with Crippen molar-refractivity contribution in [3.8, 4) is 0 Å². The smallest absolute Gasteiger partial charge is 0.243 e. The summed E-state index contributed by atoms with van der Waals surface area (Å²) in [6, 6.07) is 0. The fourth-order valence-corrected chi connectivity index (χ4v) is 0.487. The molecule has 0 aromatic rings. The van der Waals surface area contributed by atoms with Gasteiger partial charge in [0.25, 0.3) is 0 Å². The number of allylic oxidation sites excluding steroid dienone is 1. The van der Waals surface area contributed by atoms with Gasteiger partial charge in [-0.15, -0.1) is 0 Å². The van der Waals surface area contributed by atoms with Crippen LogP contribution in [0.15, 0.2) is 12.2 Å². The number of amides is 1. The molecule has 1 N–H and O–H groups in total. The van der Waals surface area contributed by atoms with Crippen LogP contribution in [0.4, 0.5) is 0 Å². The average Bonchev–Trinajstić information content (AvgIpc) is 1.89. The van der Waals surface area contributed by atoms with Crippen molar-refractivity contribution in [2.75, 3.05) is 20.3 Å². The monoisotopic (exact) mass is 143 g/mol. The van der Waals surface area contributed by atoms with Gasteiger partial charge in [0.05, 0.1) is 6.61 Å². The quantitative estimate of drug-likeness (QED) is 0.455. The Labute approximate surface area is 61.1 Å². The largest absolute Gasteiger partial charge is 0.383 e. The molecule has 0 aliphatic rings. The molecule has 0 aliphatic heterocycles. The summed E-state index contributed by atoms with van der Waals surface area (Å²) in [5, 5.41) is 2.63. The number of carbonyl (C=O) groups excluding carboxylic acids is 1. The topological polar surface area (TPSA) is 38.3 Å². The van der Waals surface area contributed by atoms with Gasteiger partial charge in [-0.25, -0.2) is 0 Å². The molecule has 0 saturated heterocycles. The standard InChI is InChI=1S/C7H13NO2/c1-3-4-7(9)8-5-6-10-2/h3-4H,5-6H2,1-2H3,(H,8,9)/b4-3+. The predicted octanol–water partition coefficient (Wildman–Crippen LogP) is 0.325. The summed E-state index contributed by atoms with van der Waals surface area (Å²) in [6.07, 6.45) is 3.18. The maximum Gasteiger partial charge on any atom is 0.243 e. The van der Waals surface area contributed by atoms with Gasteiger partial charge in [0, 0.05) is 13.7 Å². The molecular formula is C7H13NO2. The van der Waals surface area contributed by atoms with Crippen molar-refractivity contribution in [2.24, 2.45) is 0 Å². The van der Waals surface area contributed by atoms with Crippen molar-refractivity contribution in [3.63, 3.8) is 0 Å². The Morgan fingerprint density at radius 3 is 2.90 bits per heavy atom. The normalized spacial score (nSPS) is 10.2. The molecule has 0 aliphatic carbocycles. The highest BCUT2D eigenvalue weighted by Gasteiger charge is 1.90. The maximum absolute atomic E-state index is 10.7. The molecule has 10 heavy (non-hydrogen) atoms. The fourth-order valence-electron chi connectivity index (χ4n) is 0.487. The highest BCUT2D eigenvalue weighted by Crippen LogP contribution is 1.71. The van der Waals surface area contributed by atoms with Crippen LogP contribution < -0.4 is 5.32 Å². The van der Waals surface area contributed by atoms with Crippen LogP contribution >= 0.6 is 0 Å². The van der Waals surface area contributed by atoms with E-state index in [2.05, 4.69) is 5.32 Å². The first-order chi connectivity index (χ1) is 4.81. The van der Waals surface area contributed by atoms with Gasteiger partial charge in [0.2, 0.25) is 5.91 Å². The maximum atomic E-state index is 10.7. The van der Waals surface area contributed by atoms with E-state index in [9.17, 15) is 4.79 Å². The first kappa shape index (κ1) is 9.17. The Kier molecular flexibility index (Phi) is 5.77. The molecule has 0 aromatic carbocycles. The lowest BCUT2D eigenvalue weighted by molar-refractivity contribution is -0.116. The van der Waals surface area contributed by atoms with Crippen LogP contribution in [0.5, 0.6) is 0 Å². The van der Waals surface area contributed by atoms with Crippen LogP contribution in [0, 0.1) is 0 Å². The lowest BCUT2D eigenvalue weighted by Crippen LogP contribution is -2.24. The van der Waals surface area contributed by atoms with E-state index in [0.717, 1.165) is 0 Å². The van der Waals surface area contributed by atoms with E-state index in [-0.39, 0.29) is 5.91 Å². The van der Waals surface area contributed by atoms with E-state index >= 15 is 0 Å². The SMILES string of the molecule is C/C=C/C(=O)NCCOC. The van der Waals surface area contributed by atoms with E-state index in [1.165, 1.54) is 6.08 Å². The number of hydrogen-bond donors (Lipinski definition) is 1. The van der Waals surface area contributed by atoms with E-state index < -0.39 is 0 Å².